The van der Waals surface area contributed by atoms with Crippen LogP contribution in [0.4, 0.5) is 0 Å². The van der Waals surface area contributed by atoms with Crippen molar-refractivity contribution >= 4 is 12.0 Å². The van der Waals surface area contributed by atoms with Crippen molar-refractivity contribution in [3.05, 3.63) is 54.1 Å². The Morgan fingerprint density at radius 2 is 1.93 bits per heavy atom. The number of nitrogens with two attached hydrogens (primary N) is 1. The third kappa shape index (κ3) is 2.59. The number of benzene rings is 1. The van der Waals surface area contributed by atoms with Crippen molar-refractivity contribution in [2.45, 2.75) is 6.42 Å². The maximum Gasteiger partial charge on any atom is 0.244 e. The highest BCUT2D eigenvalue weighted by Crippen LogP contribution is 2.09. The van der Waals surface area contributed by atoms with Crippen molar-refractivity contribution in [3.8, 4) is 0 Å². The molecule has 0 unspecified atom stereocenters. The second-order valence-corrected chi connectivity index (χ2v) is 3.09. The monoisotopic (exact) mass is 187 g/mol. The molecular weight excluding hydrogens is 174 g/mol. The molecule has 2 heteroatoms. The van der Waals surface area contributed by atoms with Gasteiger partial charge in [-0.3, -0.25) is 4.79 Å². The van der Waals surface area contributed by atoms with E-state index in [2.05, 4.69) is 13.2 Å². The van der Waals surface area contributed by atoms with Gasteiger partial charge in [0, 0.05) is 12.0 Å². The lowest BCUT2D eigenvalue weighted by Gasteiger charge is -2.02. The van der Waals surface area contributed by atoms with Crippen LogP contribution < -0.4 is 5.73 Å². The first-order valence-electron chi connectivity index (χ1n) is 4.32. The molecule has 0 heterocycles. The molecule has 2 nitrogen and oxygen atoms in total. The quantitative estimate of drug-likeness (QED) is 0.719. The minimum atomic E-state index is -0.446. The predicted molar refractivity (Wildman–Crippen MR) is 58.6 cm³/mol. The van der Waals surface area contributed by atoms with Gasteiger partial charge in [-0.1, -0.05) is 43.5 Å². The second kappa shape index (κ2) is 4.42. The predicted octanol–water partition coefficient (Wildman–Crippen LogP) is 1.91. The molecule has 0 radical (unpaired) electrons. The van der Waals surface area contributed by atoms with Gasteiger partial charge in [0.2, 0.25) is 5.91 Å². The molecule has 0 bridgehead atoms. The zero-order valence-corrected chi connectivity index (χ0v) is 7.99. The molecule has 0 aliphatic heterocycles. The number of primary amides is 1. The van der Waals surface area contributed by atoms with Gasteiger partial charge in [-0.25, -0.2) is 0 Å². The van der Waals surface area contributed by atoms with E-state index >= 15 is 0 Å². The number of hydrogen-bond acceptors (Lipinski definition) is 1. The van der Waals surface area contributed by atoms with Crippen LogP contribution in [0.15, 0.2) is 43.0 Å². The molecule has 2 N–H and O–H groups in total. The van der Waals surface area contributed by atoms with Crippen LogP contribution >= 0.6 is 0 Å². The molecule has 0 fully saturated rings. The lowest BCUT2D eigenvalue weighted by Crippen LogP contribution is -2.14. The SMILES string of the molecule is C=Cc1ccc(CC(=C)C(N)=O)cc1. The molecule has 72 valence electrons. The highest BCUT2D eigenvalue weighted by Gasteiger charge is 2.02. The third-order valence-electron chi connectivity index (χ3n) is 1.98. The molecule has 1 aromatic carbocycles. The summed E-state index contributed by atoms with van der Waals surface area (Å²) in [7, 11) is 0. The van der Waals surface area contributed by atoms with E-state index in [0.29, 0.717) is 12.0 Å². The zero-order chi connectivity index (χ0) is 10.6. The van der Waals surface area contributed by atoms with Crippen molar-refractivity contribution in [3.63, 3.8) is 0 Å². The van der Waals surface area contributed by atoms with E-state index in [1.165, 1.54) is 0 Å². The molecule has 1 amide bonds. The molecule has 0 saturated heterocycles. The van der Waals surface area contributed by atoms with E-state index in [0.717, 1.165) is 11.1 Å². The molecular formula is C12H13NO. The molecule has 0 aromatic heterocycles. The highest BCUT2D eigenvalue weighted by molar-refractivity contribution is 5.91. The molecule has 1 aromatic rings. The summed E-state index contributed by atoms with van der Waals surface area (Å²) in [6, 6.07) is 7.75. The van der Waals surface area contributed by atoms with Crippen LogP contribution in [0.5, 0.6) is 0 Å². The number of carbonyl (C=O) groups excluding carboxylic acids is 1. The van der Waals surface area contributed by atoms with Crippen molar-refractivity contribution in [1.82, 2.24) is 0 Å². The first kappa shape index (κ1) is 10.3. The summed E-state index contributed by atoms with van der Waals surface area (Å²) in [5, 5.41) is 0. The molecule has 0 spiro atoms. The average Bonchev–Trinajstić information content (AvgIpc) is 2.19. The normalized spacial score (nSPS) is 9.43. The lowest BCUT2D eigenvalue weighted by molar-refractivity contribution is -0.114. The molecule has 0 aliphatic rings. The average molecular weight is 187 g/mol. The molecule has 0 atom stereocenters. The van der Waals surface area contributed by atoms with Gasteiger partial charge in [-0.05, 0) is 11.1 Å². The largest absolute Gasteiger partial charge is 0.366 e. The van der Waals surface area contributed by atoms with Gasteiger partial charge >= 0.3 is 0 Å². The number of carbonyl (C=O) groups is 1. The van der Waals surface area contributed by atoms with Gasteiger partial charge in [-0.15, -0.1) is 0 Å². The number of amides is 1. The number of rotatable bonds is 4. The highest BCUT2D eigenvalue weighted by atomic mass is 16.1. The maximum absolute atomic E-state index is 10.7. The fourth-order valence-corrected chi connectivity index (χ4v) is 1.11. The second-order valence-electron chi connectivity index (χ2n) is 3.09. The van der Waals surface area contributed by atoms with E-state index in [9.17, 15) is 4.79 Å². The van der Waals surface area contributed by atoms with E-state index in [-0.39, 0.29) is 0 Å². The Bertz CT molecular complexity index is 362. The minimum absolute atomic E-state index is 0.427. The topological polar surface area (TPSA) is 43.1 Å². The van der Waals surface area contributed by atoms with Crippen molar-refractivity contribution in [1.29, 1.82) is 0 Å². The van der Waals surface area contributed by atoms with Crippen LogP contribution in [-0.4, -0.2) is 5.91 Å². The summed E-state index contributed by atoms with van der Waals surface area (Å²) in [4.78, 5) is 10.7. The van der Waals surface area contributed by atoms with Crippen LogP contribution in [0.1, 0.15) is 11.1 Å². The first-order valence-corrected chi connectivity index (χ1v) is 4.32. The standard InChI is InChI=1S/C12H13NO/c1-3-10-4-6-11(7-5-10)8-9(2)12(13)14/h3-7H,1-2,8H2,(H2,13,14). The Morgan fingerprint density at radius 1 is 1.36 bits per heavy atom. The van der Waals surface area contributed by atoms with Gasteiger partial charge in [0.25, 0.3) is 0 Å². The Balaban J connectivity index is 2.73. The fourth-order valence-electron chi connectivity index (χ4n) is 1.11. The Morgan fingerprint density at radius 3 is 2.36 bits per heavy atom. The van der Waals surface area contributed by atoms with E-state index in [1.807, 2.05) is 24.3 Å². The van der Waals surface area contributed by atoms with Crippen LogP contribution in [0.25, 0.3) is 6.08 Å². The summed E-state index contributed by atoms with van der Waals surface area (Å²) >= 11 is 0. The van der Waals surface area contributed by atoms with E-state index < -0.39 is 5.91 Å². The first-order chi connectivity index (χ1) is 6.63. The summed E-state index contributed by atoms with van der Waals surface area (Å²) in [5.41, 5.74) is 7.59. The number of hydrogen-bond donors (Lipinski definition) is 1. The van der Waals surface area contributed by atoms with Gasteiger partial charge < -0.3 is 5.73 Å². The zero-order valence-electron chi connectivity index (χ0n) is 7.99. The summed E-state index contributed by atoms with van der Waals surface area (Å²) in [5.74, 6) is -0.446. The van der Waals surface area contributed by atoms with Crippen LogP contribution in [0, 0.1) is 0 Å². The van der Waals surface area contributed by atoms with Crippen molar-refractivity contribution < 1.29 is 4.79 Å². The van der Waals surface area contributed by atoms with Crippen molar-refractivity contribution in [2.24, 2.45) is 5.73 Å². The molecule has 14 heavy (non-hydrogen) atoms. The van der Waals surface area contributed by atoms with Crippen LogP contribution in [0.2, 0.25) is 0 Å². The van der Waals surface area contributed by atoms with Gasteiger partial charge in [0.15, 0.2) is 0 Å². The summed E-state index contributed by atoms with van der Waals surface area (Å²) < 4.78 is 0. The van der Waals surface area contributed by atoms with E-state index in [4.69, 9.17) is 5.73 Å². The smallest absolute Gasteiger partial charge is 0.244 e. The van der Waals surface area contributed by atoms with E-state index in [1.54, 1.807) is 6.08 Å². The Kier molecular flexibility index (Phi) is 3.24. The van der Waals surface area contributed by atoms with Crippen molar-refractivity contribution in [2.75, 3.05) is 0 Å². The third-order valence-corrected chi connectivity index (χ3v) is 1.98. The van der Waals surface area contributed by atoms with Gasteiger partial charge in [0.05, 0.1) is 0 Å². The summed E-state index contributed by atoms with van der Waals surface area (Å²) in [6.45, 7) is 7.26. The van der Waals surface area contributed by atoms with Gasteiger partial charge in [0.1, 0.15) is 0 Å². The van der Waals surface area contributed by atoms with Gasteiger partial charge in [-0.2, -0.15) is 0 Å². The van der Waals surface area contributed by atoms with Crippen LogP contribution in [-0.2, 0) is 11.2 Å². The Hall–Kier alpha value is -1.83. The van der Waals surface area contributed by atoms with Crippen LogP contribution in [0.3, 0.4) is 0 Å². The minimum Gasteiger partial charge on any atom is -0.366 e. The lowest BCUT2D eigenvalue weighted by atomic mass is 10.0. The summed E-state index contributed by atoms with van der Waals surface area (Å²) in [6.07, 6.45) is 2.28. The molecule has 0 aliphatic carbocycles. The molecule has 1 rings (SSSR count). The fraction of sp³-hybridized carbons (Fsp3) is 0.0833. The Labute approximate surface area is 83.7 Å². The molecule has 0 saturated carbocycles. The maximum atomic E-state index is 10.7.